The van der Waals surface area contributed by atoms with Gasteiger partial charge in [-0.15, -0.1) is 0 Å². The van der Waals surface area contributed by atoms with E-state index in [0.717, 1.165) is 0 Å². The summed E-state index contributed by atoms with van der Waals surface area (Å²) in [5.41, 5.74) is 1.38. The Hall–Kier alpha value is -4.12. The summed E-state index contributed by atoms with van der Waals surface area (Å²) >= 11 is 0. The number of carbonyl (C=O) groups is 2. The zero-order valence-corrected chi connectivity index (χ0v) is 17.2. The number of rotatable bonds is 8. The van der Waals surface area contributed by atoms with Crippen molar-refractivity contribution in [2.75, 3.05) is 20.8 Å². The molecule has 8 heteroatoms. The topological polar surface area (TPSA) is 103 Å². The van der Waals surface area contributed by atoms with E-state index in [0.29, 0.717) is 36.4 Å². The molecule has 0 N–H and O–H groups in total. The van der Waals surface area contributed by atoms with Gasteiger partial charge in [-0.05, 0) is 30.7 Å². The van der Waals surface area contributed by atoms with E-state index < -0.39 is 11.9 Å². The Bertz CT molecular complexity index is 1120. The Morgan fingerprint density at radius 3 is 2.45 bits per heavy atom. The number of carbonyl (C=O) groups excluding carboxylic acids is 2. The summed E-state index contributed by atoms with van der Waals surface area (Å²) in [6, 6.07) is 18.0. The maximum Gasteiger partial charge on any atom is 0.357 e. The molecule has 1 aromatic heterocycles. The number of esters is 2. The van der Waals surface area contributed by atoms with E-state index in [9.17, 15) is 9.59 Å². The molecule has 2 aromatic carbocycles. The quantitative estimate of drug-likeness (QED) is 0.404. The summed E-state index contributed by atoms with van der Waals surface area (Å²) in [7, 11) is 2.48. The van der Waals surface area contributed by atoms with Crippen LogP contribution in [-0.4, -0.2) is 42.5 Å². The Labute approximate surface area is 179 Å². The van der Waals surface area contributed by atoms with Gasteiger partial charge in [-0.3, -0.25) is 0 Å². The van der Waals surface area contributed by atoms with Crippen LogP contribution in [0.3, 0.4) is 0 Å². The fraction of sp³-hybridized carbons (Fsp3) is 0.217. The van der Waals surface area contributed by atoms with Crippen molar-refractivity contribution in [2.45, 2.75) is 12.8 Å². The zero-order valence-electron chi connectivity index (χ0n) is 17.2. The van der Waals surface area contributed by atoms with Crippen LogP contribution >= 0.6 is 0 Å². The number of nitriles is 1. The Morgan fingerprint density at radius 2 is 1.77 bits per heavy atom. The van der Waals surface area contributed by atoms with Crippen LogP contribution in [0.4, 0.5) is 0 Å². The van der Waals surface area contributed by atoms with Crippen molar-refractivity contribution in [3.05, 3.63) is 65.9 Å². The molecule has 0 radical (unpaired) electrons. The van der Waals surface area contributed by atoms with Gasteiger partial charge in [-0.1, -0.05) is 30.3 Å². The lowest BCUT2D eigenvalue weighted by atomic mass is 10.1. The summed E-state index contributed by atoms with van der Waals surface area (Å²) in [5.74, 6) is -0.870. The largest absolute Gasteiger partial charge is 0.494 e. The maximum atomic E-state index is 12.7. The summed E-state index contributed by atoms with van der Waals surface area (Å²) in [6.45, 7) is 0.382. The molecule has 0 bridgehead atoms. The van der Waals surface area contributed by atoms with Crippen LogP contribution in [0.25, 0.3) is 16.9 Å². The molecule has 1 heterocycles. The van der Waals surface area contributed by atoms with Gasteiger partial charge in [0.1, 0.15) is 17.0 Å². The molecule has 0 saturated heterocycles. The highest BCUT2D eigenvalue weighted by molar-refractivity contribution is 6.06. The Morgan fingerprint density at radius 1 is 1.03 bits per heavy atom. The number of hydrogen-bond donors (Lipinski definition) is 0. The molecule has 0 aliphatic carbocycles. The molecule has 0 amide bonds. The first kappa shape index (κ1) is 21.6. The smallest absolute Gasteiger partial charge is 0.357 e. The van der Waals surface area contributed by atoms with Gasteiger partial charge >= 0.3 is 11.9 Å². The van der Waals surface area contributed by atoms with E-state index in [2.05, 4.69) is 11.2 Å². The van der Waals surface area contributed by atoms with Crippen molar-refractivity contribution in [1.82, 2.24) is 9.78 Å². The lowest BCUT2D eigenvalue weighted by Crippen LogP contribution is -2.15. The minimum absolute atomic E-state index is 0.000154. The molecule has 8 nitrogen and oxygen atoms in total. The molecule has 0 fully saturated rings. The van der Waals surface area contributed by atoms with E-state index in [-0.39, 0.29) is 17.0 Å². The highest BCUT2D eigenvalue weighted by Gasteiger charge is 2.31. The van der Waals surface area contributed by atoms with Crippen LogP contribution in [0.15, 0.2) is 54.6 Å². The van der Waals surface area contributed by atoms with Crippen LogP contribution in [0.2, 0.25) is 0 Å². The van der Waals surface area contributed by atoms with E-state index in [1.165, 1.54) is 18.9 Å². The van der Waals surface area contributed by atoms with E-state index in [1.54, 1.807) is 48.5 Å². The van der Waals surface area contributed by atoms with E-state index >= 15 is 0 Å². The highest BCUT2D eigenvalue weighted by atomic mass is 16.5. The second-order valence-electron chi connectivity index (χ2n) is 6.44. The molecule has 0 aliphatic heterocycles. The van der Waals surface area contributed by atoms with E-state index in [1.807, 2.05) is 6.07 Å². The fourth-order valence-corrected chi connectivity index (χ4v) is 3.03. The molecule has 3 rings (SSSR count). The standard InChI is InChI=1S/C23H21N3O5/c1-29-22(27)19-20(16-9-8-12-18(15-16)31-14-7-6-13-24)25-26(21(19)23(28)30-2)17-10-4-3-5-11-17/h3-5,8-12,15H,6-7,14H2,1-2H3. The molecule has 0 aliphatic rings. The lowest BCUT2D eigenvalue weighted by molar-refractivity contribution is 0.0549. The molecule has 0 unspecified atom stereocenters. The molecular formula is C23H21N3O5. The van der Waals surface area contributed by atoms with Crippen molar-refractivity contribution < 1.29 is 23.8 Å². The monoisotopic (exact) mass is 419 g/mol. The van der Waals surface area contributed by atoms with Gasteiger partial charge in [0.2, 0.25) is 0 Å². The summed E-state index contributed by atoms with van der Waals surface area (Å²) in [4.78, 5) is 25.3. The SMILES string of the molecule is COC(=O)c1c(-c2cccc(OCCCC#N)c2)nn(-c2ccccc2)c1C(=O)OC. The van der Waals surface area contributed by atoms with Gasteiger partial charge in [0.25, 0.3) is 0 Å². The number of unbranched alkanes of at least 4 members (excludes halogenated alkanes) is 1. The average Bonchev–Trinajstić information content (AvgIpc) is 3.22. The summed E-state index contributed by atoms with van der Waals surface area (Å²) < 4.78 is 16.9. The van der Waals surface area contributed by atoms with Gasteiger partial charge in [-0.25, -0.2) is 14.3 Å². The van der Waals surface area contributed by atoms with Crippen LogP contribution in [0.5, 0.6) is 5.75 Å². The number of nitrogens with zero attached hydrogens (tertiary/aromatic N) is 3. The molecule has 0 spiro atoms. The summed E-state index contributed by atoms with van der Waals surface area (Å²) in [5, 5.41) is 13.2. The first-order chi connectivity index (χ1) is 15.1. The lowest BCUT2D eigenvalue weighted by Gasteiger charge is -2.07. The fourth-order valence-electron chi connectivity index (χ4n) is 3.03. The number of ether oxygens (including phenoxy) is 3. The highest BCUT2D eigenvalue weighted by Crippen LogP contribution is 2.31. The Balaban J connectivity index is 2.14. The van der Waals surface area contributed by atoms with Gasteiger partial charge in [0.15, 0.2) is 5.69 Å². The van der Waals surface area contributed by atoms with Crippen molar-refractivity contribution in [1.29, 1.82) is 5.26 Å². The predicted molar refractivity (Wildman–Crippen MR) is 112 cm³/mol. The van der Waals surface area contributed by atoms with Gasteiger partial charge in [0, 0.05) is 12.0 Å². The van der Waals surface area contributed by atoms with Crippen LogP contribution in [-0.2, 0) is 9.47 Å². The summed E-state index contributed by atoms with van der Waals surface area (Å²) in [6.07, 6.45) is 0.999. The van der Waals surface area contributed by atoms with Crippen molar-refractivity contribution in [3.8, 4) is 28.8 Å². The molecule has 158 valence electrons. The minimum Gasteiger partial charge on any atom is -0.494 e. The first-order valence-electron chi connectivity index (χ1n) is 9.56. The zero-order chi connectivity index (χ0) is 22.2. The van der Waals surface area contributed by atoms with Gasteiger partial charge < -0.3 is 14.2 Å². The Kier molecular flexibility index (Phi) is 7.01. The molecular weight excluding hydrogens is 398 g/mol. The minimum atomic E-state index is -0.716. The van der Waals surface area contributed by atoms with Crippen molar-refractivity contribution >= 4 is 11.9 Å². The van der Waals surface area contributed by atoms with Gasteiger partial charge in [-0.2, -0.15) is 10.4 Å². The maximum absolute atomic E-state index is 12.7. The molecule has 0 saturated carbocycles. The third-order valence-electron chi connectivity index (χ3n) is 4.46. The third-order valence-corrected chi connectivity index (χ3v) is 4.46. The first-order valence-corrected chi connectivity index (χ1v) is 9.56. The van der Waals surface area contributed by atoms with Crippen LogP contribution < -0.4 is 4.74 Å². The normalized spacial score (nSPS) is 10.2. The number of aromatic nitrogens is 2. The molecule has 0 atom stereocenters. The van der Waals surface area contributed by atoms with E-state index in [4.69, 9.17) is 19.5 Å². The van der Waals surface area contributed by atoms with Crippen molar-refractivity contribution in [3.63, 3.8) is 0 Å². The third kappa shape index (κ3) is 4.73. The van der Waals surface area contributed by atoms with Gasteiger partial charge in [0.05, 0.1) is 32.6 Å². The molecule has 3 aromatic rings. The average molecular weight is 419 g/mol. The van der Waals surface area contributed by atoms with Crippen LogP contribution in [0.1, 0.15) is 33.7 Å². The van der Waals surface area contributed by atoms with Crippen molar-refractivity contribution in [2.24, 2.45) is 0 Å². The second kappa shape index (κ2) is 10.1. The number of methoxy groups -OCH3 is 2. The number of para-hydroxylation sites is 1. The van der Waals surface area contributed by atoms with Crippen LogP contribution in [0, 0.1) is 11.3 Å². The molecule has 31 heavy (non-hydrogen) atoms. The number of hydrogen-bond acceptors (Lipinski definition) is 7. The predicted octanol–water partition coefficient (Wildman–Crippen LogP) is 3.80. The number of benzene rings is 2. The second-order valence-corrected chi connectivity index (χ2v) is 6.44.